The van der Waals surface area contributed by atoms with Crippen molar-refractivity contribution in [3.63, 3.8) is 0 Å². The first-order valence-corrected chi connectivity index (χ1v) is 4.06. The fourth-order valence-electron chi connectivity index (χ4n) is 1.32. The summed E-state index contributed by atoms with van der Waals surface area (Å²) < 4.78 is 0. The summed E-state index contributed by atoms with van der Waals surface area (Å²) >= 11 is 0. The van der Waals surface area contributed by atoms with Crippen LogP contribution in [0.4, 0.5) is 0 Å². The van der Waals surface area contributed by atoms with Gasteiger partial charge in [-0.25, -0.2) is 5.43 Å². The van der Waals surface area contributed by atoms with E-state index in [1.807, 2.05) is 6.07 Å². The molecule has 0 amide bonds. The highest BCUT2D eigenvalue weighted by Crippen LogP contribution is 2.30. The third-order valence-electron chi connectivity index (χ3n) is 2.11. The first kappa shape index (κ1) is 9.10. The molecule has 1 unspecified atom stereocenters. The van der Waals surface area contributed by atoms with Crippen LogP contribution < -0.4 is 22.5 Å². The molecule has 74 valence electrons. The summed E-state index contributed by atoms with van der Waals surface area (Å²) in [5.41, 5.74) is 11.8. The highest BCUT2D eigenvalue weighted by Gasteiger charge is 2.47. The molecule has 1 heterocycles. The van der Waals surface area contributed by atoms with Crippen LogP contribution in [0.25, 0.3) is 0 Å². The van der Waals surface area contributed by atoms with Gasteiger partial charge in [0.05, 0.1) is 0 Å². The van der Waals surface area contributed by atoms with E-state index in [0.717, 1.165) is 0 Å². The smallest absolute Gasteiger partial charge is 0.255 e. The van der Waals surface area contributed by atoms with Crippen LogP contribution in [0, 0.1) is 5.41 Å². The monoisotopic (exact) mass is 193 g/mol. The first-order chi connectivity index (χ1) is 6.69. The largest absolute Gasteiger partial charge is 0.384 e. The number of hydrogen-bond acceptors (Lipinski definition) is 5. The Hall–Kier alpha value is -1.47. The van der Waals surface area contributed by atoms with Crippen molar-refractivity contribution in [2.75, 3.05) is 0 Å². The Morgan fingerprint density at radius 1 is 1.50 bits per heavy atom. The van der Waals surface area contributed by atoms with E-state index in [2.05, 4.69) is 10.9 Å². The summed E-state index contributed by atoms with van der Waals surface area (Å²) in [4.78, 5) is 4.98. The van der Waals surface area contributed by atoms with E-state index in [-0.39, 0.29) is 5.84 Å². The summed E-state index contributed by atoms with van der Waals surface area (Å²) in [5, 5.41) is 7.38. The van der Waals surface area contributed by atoms with Gasteiger partial charge in [-0.15, -0.1) is 5.48 Å². The molecule has 1 atom stereocenters. The van der Waals surface area contributed by atoms with Gasteiger partial charge in [0.1, 0.15) is 5.84 Å². The van der Waals surface area contributed by atoms with Gasteiger partial charge in [-0.05, 0) is 0 Å². The molecule has 2 rings (SSSR count). The third-order valence-corrected chi connectivity index (χ3v) is 2.11. The molecule has 1 aliphatic rings. The lowest BCUT2D eigenvalue weighted by Gasteiger charge is -2.12. The number of nitrogen functional groups attached to an aromatic ring is 1. The van der Waals surface area contributed by atoms with Crippen LogP contribution in [-0.4, -0.2) is 5.84 Å². The van der Waals surface area contributed by atoms with E-state index in [1.54, 1.807) is 18.2 Å². The molecule has 6 nitrogen and oxygen atoms in total. The minimum atomic E-state index is -0.887. The van der Waals surface area contributed by atoms with Crippen LogP contribution in [0.15, 0.2) is 24.3 Å². The highest BCUT2D eigenvalue weighted by molar-refractivity contribution is 5.96. The Bertz CT molecular complexity index is 374. The second-order valence-corrected chi connectivity index (χ2v) is 2.99. The van der Waals surface area contributed by atoms with Crippen molar-refractivity contribution in [2.45, 2.75) is 5.85 Å². The van der Waals surface area contributed by atoms with Crippen molar-refractivity contribution in [3.05, 3.63) is 35.4 Å². The Balaban J connectivity index is 2.47. The normalized spacial score (nSPS) is 24.6. The zero-order valence-corrected chi connectivity index (χ0v) is 7.37. The standard InChI is InChI=1S/C8H11N5O/c9-7(10)5-3-1-2-4-6(5)8(12-11)13-14-8/h1-4,12-13H,11H2,(H3,9,10). The van der Waals surface area contributed by atoms with Gasteiger partial charge in [0.25, 0.3) is 5.85 Å². The topological polar surface area (TPSA) is 122 Å². The zero-order chi connectivity index (χ0) is 10.2. The number of amidine groups is 1. The van der Waals surface area contributed by atoms with Gasteiger partial charge >= 0.3 is 0 Å². The van der Waals surface area contributed by atoms with Crippen LogP contribution in [0.5, 0.6) is 0 Å². The summed E-state index contributed by atoms with van der Waals surface area (Å²) in [6.45, 7) is 0. The molecule has 7 N–H and O–H groups in total. The Kier molecular flexibility index (Phi) is 1.97. The number of hydroxylamine groups is 1. The van der Waals surface area contributed by atoms with Gasteiger partial charge in [0.15, 0.2) is 0 Å². The summed E-state index contributed by atoms with van der Waals surface area (Å²) in [6, 6.07) is 7.15. The summed E-state index contributed by atoms with van der Waals surface area (Å²) in [5.74, 6) is 4.41. The Morgan fingerprint density at radius 3 is 2.64 bits per heavy atom. The van der Waals surface area contributed by atoms with Crippen molar-refractivity contribution in [3.8, 4) is 0 Å². The highest BCUT2D eigenvalue weighted by atomic mass is 16.8. The number of hydrazine groups is 1. The number of nitrogens with two attached hydrogens (primary N) is 2. The van der Waals surface area contributed by atoms with Gasteiger partial charge < -0.3 is 5.73 Å². The molecule has 6 heteroatoms. The summed E-state index contributed by atoms with van der Waals surface area (Å²) in [7, 11) is 0. The molecule has 1 aliphatic heterocycles. The molecule has 0 saturated carbocycles. The quantitative estimate of drug-likeness (QED) is 0.140. The predicted octanol–water partition coefficient (Wildman–Crippen LogP) is -0.921. The molecule has 0 aromatic heterocycles. The average molecular weight is 193 g/mol. The second-order valence-electron chi connectivity index (χ2n) is 2.99. The van der Waals surface area contributed by atoms with E-state index in [4.69, 9.17) is 21.8 Å². The lowest BCUT2D eigenvalue weighted by atomic mass is 10.0. The van der Waals surface area contributed by atoms with Gasteiger partial charge in [0, 0.05) is 11.1 Å². The molecule has 14 heavy (non-hydrogen) atoms. The molecule has 1 aromatic rings. The fraction of sp³-hybridized carbons (Fsp3) is 0.125. The molecule has 1 saturated heterocycles. The van der Waals surface area contributed by atoms with Crippen molar-refractivity contribution >= 4 is 5.84 Å². The molecule has 0 aliphatic carbocycles. The number of nitrogens with one attached hydrogen (secondary N) is 3. The third kappa shape index (κ3) is 1.26. The number of hydrogen-bond donors (Lipinski definition) is 5. The average Bonchev–Trinajstić information content (AvgIpc) is 2.98. The molecular weight excluding hydrogens is 182 g/mol. The van der Waals surface area contributed by atoms with Gasteiger partial charge in [0.2, 0.25) is 0 Å². The number of benzene rings is 1. The molecule has 0 spiro atoms. The van der Waals surface area contributed by atoms with Crippen molar-refractivity contribution in [1.82, 2.24) is 10.9 Å². The molecule has 0 radical (unpaired) electrons. The maximum atomic E-state index is 7.38. The van der Waals surface area contributed by atoms with Crippen LogP contribution in [0.3, 0.4) is 0 Å². The van der Waals surface area contributed by atoms with E-state index in [1.165, 1.54) is 0 Å². The molecule has 0 bridgehead atoms. The van der Waals surface area contributed by atoms with E-state index < -0.39 is 5.85 Å². The van der Waals surface area contributed by atoms with Crippen LogP contribution in [-0.2, 0) is 10.7 Å². The molecule has 1 fully saturated rings. The van der Waals surface area contributed by atoms with Gasteiger partial charge in [-0.3, -0.25) is 16.1 Å². The lowest BCUT2D eigenvalue weighted by Crippen LogP contribution is -2.40. The molecule has 1 aromatic carbocycles. The predicted molar refractivity (Wildman–Crippen MR) is 50.7 cm³/mol. The van der Waals surface area contributed by atoms with Crippen LogP contribution in [0.2, 0.25) is 0 Å². The molecular formula is C8H11N5O. The minimum absolute atomic E-state index is 0.0208. The van der Waals surface area contributed by atoms with Crippen LogP contribution in [0.1, 0.15) is 11.1 Å². The van der Waals surface area contributed by atoms with E-state index in [0.29, 0.717) is 11.1 Å². The Morgan fingerprint density at radius 2 is 2.14 bits per heavy atom. The van der Waals surface area contributed by atoms with E-state index in [9.17, 15) is 0 Å². The van der Waals surface area contributed by atoms with E-state index >= 15 is 0 Å². The maximum Gasteiger partial charge on any atom is 0.255 e. The lowest BCUT2D eigenvalue weighted by molar-refractivity contribution is 0.254. The van der Waals surface area contributed by atoms with Crippen LogP contribution >= 0.6 is 0 Å². The number of rotatable bonds is 3. The van der Waals surface area contributed by atoms with Gasteiger partial charge in [-0.1, -0.05) is 24.3 Å². The van der Waals surface area contributed by atoms with Crippen molar-refractivity contribution in [2.24, 2.45) is 11.6 Å². The Labute approximate surface area is 80.7 Å². The maximum absolute atomic E-state index is 7.38. The zero-order valence-electron chi connectivity index (χ0n) is 7.37. The van der Waals surface area contributed by atoms with Crippen molar-refractivity contribution in [1.29, 1.82) is 5.41 Å². The van der Waals surface area contributed by atoms with Gasteiger partial charge in [-0.2, -0.15) is 0 Å². The second kappa shape index (κ2) is 3.03. The SMILES string of the molecule is N=C(N)c1ccccc1C1(NN)NO1. The minimum Gasteiger partial charge on any atom is -0.384 e. The summed E-state index contributed by atoms with van der Waals surface area (Å²) in [6.07, 6.45) is 0. The fourth-order valence-corrected chi connectivity index (χ4v) is 1.32. The first-order valence-electron chi connectivity index (χ1n) is 4.06. The van der Waals surface area contributed by atoms with Crippen molar-refractivity contribution < 1.29 is 4.84 Å².